The van der Waals surface area contributed by atoms with Crippen LogP contribution >= 0.6 is 11.6 Å². The van der Waals surface area contributed by atoms with E-state index in [9.17, 15) is 13.2 Å². The summed E-state index contributed by atoms with van der Waals surface area (Å²) in [5.74, 6) is -0.265. The number of carbonyl (C=O) groups is 1. The summed E-state index contributed by atoms with van der Waals surface area (Å²) in [5.41, 5.74) is 1.12. The first-order chi connectivity index (χ1) is 14.3. The third kappa shape index (κ3) is 5.27. The Labute approximate surface area is 182 Å². The molecule has 0 aromatic heterocycles. The maximum atomic E-state index is 12.7. The normalized spacial score (nSPS) is 11.8. The van der Waals surface area contributed by atoms with Gasteiger partial charge in [-0.1, -0.05) is 78.3 Å². The topological polar surface area (TPSA) is 75.3 Å². The number of sulfonamides is 1. The van der Waals surface area contributed by atoms with Gasteiger partial charge in [-0.25, -0.2) is 13.1 Å². The lowest BCUT2D eigenvalue weighted by Crippen LogP contribution is -2.45. The SMILES string of the molecule is CC(NC(=O)CCNS(=O)(=O)c1cccc(Cl)c1)(c1ccccc1)c1ccccc1. The minimum absolute atomic E-state index is 0.00491. The molecule has 0 spiro atoms. The first kappa shape index (κ1) is 22.0. The predicted octanol–water partition coefficient (Wildman–Crippen LogP) is 4.09. The molecule has 30 heavy (non-hydrogen) atoms. The summed E-state index contributed by atoms with van der Waals surface area (Å²) in [6, 6.07) is 25.3. The van der Waals surface area contributed by atoms with Gasteiger partial charge in [0.1, 0.15) is 0 Å². The Morgan fingerprint density at radius 3 is 2.00 bits per heavy atom. The van der Waals surface area contributed by atoms with Crippen LogP contribution < -0.4 is 10.0 Å². The number of amides is 1. The molecular weight excluding hydrogens is 420 g/mol. The van der Waals surface area contributed by atoms with Gasteiger partial charge < -0.3 is 5.32 Å². The van der Waals surface area contributed by atoms with Crippen molar-refractivity contribution in [3.05, 3.63) is 101 Å². The third-order valence-corrected chi connectivity index (χ3v) is 6.54. The molecule has 2 N–H and O–H groups in total. The van der Waals surface area contributed by atoms with Crippen LogP contribution in [0.25, 0.3) is 0 Å². The number of hydrogen-bond acceptors (Lipinski definition) is 3. The van der Waals surface area contributed by atoms with E-state index in [2.05, 4.69) is 10.0 Å². The maximum absolute atomic E-state index is 12.7. The molecule has 0 aliphatic carbocycles. The van der Waals surface area contributed by atoms with Crippen LogP contribution in [0.4, 0.5) is 0 Å². The molecule has 0 saturated heterocycles. The molecule has 5 nitrogen and oxygen atoms in total. The van der Waals surface area contributed by atoms with Crippen LogP contribution in [0.5, 0.6) is 0 Å². The number of carbonyl (C=O) groups excluding carboxylic acids is 1. The van der Waals surface area contributed by atoms with Crippen molar-refractivity contribution in [1.29, 1.82) is 0 Å². The van der Waals surface area contributed by atoms with Crippen LogP contribution in [0.2, 0.25) is 5.02 Å². The average molecular weight is 443 g/mol. The molecule has 3 aromatic carbocycles. The van der Waals surface area contributed by atoms with Crippen LogP contribution in [0.15, 0.2) is 89.8 Å². The fraction of sp³-hybridized carbons (Fsp3) is 0.174. The van der Waals surface area contributed by atoms with Crippen LogP contribution in [0.3, 0.4) is 0 Å². The fourth-order valence-corrected chi connectivity index (χ4v) is 4.54. The van der Waals surface area contributed by atoms with Crippen molar-refractivity contribution in [2.45, 2.75) is 23.8 Å². The molecule has 3 rings (SSSR count). The molecule has 0 heterocycles. The van der Waals surface area contributed by atoms with Crippen molar-refractivity contribution in [2.24, 2.45) is 0 Å². The molecule has 7 heteroatoms. The second-order valence-corrected chi connectivity index (χ2v) is 9.21. The van der Waals surface area contributed by atoms with Crippen LogP contribution in [-0.4, -0.2) is 20.9 Å². The summed E-state index contributed by atoms with van der Waals surface area (Å²) < 4.78 is 27.2. The van der Waals surface area contributed by atoms with Gasteiger partial charge in [0.2, 0.25) is 15.9 Å². The van der Waals surface area contributed by atoms with Gasteiger partial charge in [-0.05, 0) is 36.2 Å². The molecular formula is C23H23ClN2O3S. The van der Waals surface area contributed by atoms with Gasteiger partial charge in [0, 0.05) is 18.0 Å². The zero-order valence-electron chi connectivity index (χ0n) is 16.5. The predicted molar refractivity (Wildman–Crippen MR) is 119 cm³/mol. The summed E-state index contributed by atoms with van der Waals surface area (Å²) in [6.07, 6.45) is -0.00491. The molecule has 0 fully saturated rings. The van der Waals surface area contributed by atoms with Crippen molar-refractivity contribution in [3.8, 4) is 0 Å². The quantitative estimate of drug-likeness (QED) is 0.551. The van der Waals surface area contributed by atoms with Gasteiger partial charge >= 0.3 is 0 Å². The van der Waals surface area contributed by atoms with Gasteiger partial charge in [0.15, 0.2) is 0 Å². The lowest BCUT2D eigenvalue weighted by molar-refractivity contribution is -0.122. The maximum Gasteiger partial charge on any atom is 0.240 e. The first-order valence-electron chi connectivity index (χ1n) is 9.48. The van der Waals surface area contributed by atoms with Crippen molar-refractivity contribution in [3.63, 3.8) is 0 Å². The Hall–Kier alpha value is -2.67. The zero-order chi connectivity index (χ0) is 21.6. The van der Waals surface area contributed by atoms with E-state index < -0.39 is 15.6 Å². The van der Waals surface area contributed by atoms with Crippen molar-refractivity contribution < 1.29 is 13.2 Å². The Morgan fingerprint density at radius 2 is 1.47 bits per heavy atom. The number of hydrogen-bond donors (Lipinski definition) is 2. The summed E-state index contributed by atoms with van der Waals surface area (Å²) in [5, 5.41) is 3.40. The second-order valence-electron chi connectivity index (χ2n) is 7.01. The molecule has 0 aliphatic heterocycles. The highest BCUT2D eigenvalue weighted by atomic mass is 35.5. The van der Waals surface area contributed by atoms with E-state index in [4.69, 9.17) is 11.6 Å². The molecule has 0 saturated carbocycles. The van der Waals surface area contributed by atoms with Gasteiger partial charge in [-0.15, -0.1) is 0 Å². The summed E-state index contributed by atoms with van der Waals surface area (Å²) in [6.45, 7) is 1.91. The number of nitrogens with one attached hydrogen (secondary N) is 2. The van der Waals surface area contributed by atoms with E-state index in [-0.39, 0.29) is 23.8 Å². The molecule has 0 radical (unpaired) electrons. The van der Waals surface area contributed by atoms with E-state index in [1.54, 1.807) is 12.1 Å². The lowest BCUT2D eigenvalue weighted by atomic mass is 9.84. The second kappa shape index (κ2) is 9.43. The highest BCUT2D eigenvalue weighted by Gasteiger charge is 2.30. The molecule has 0 unspecified atom stereocenters. The smallest absolute Gasteiger partial charge is 0.240 e. The number of benzene rings is 3. The first-order valence-corrected chi connectivity index (χ1v) is 11.3. The largest absolute Gasteiger partial charge is 0.343 e. The van der Waals surface area contributed by atoms with E-state index >= 15 is 0 Å². The molecule has 3 aromatic rings. The minimum Gasteiger partial charge on any atom is -0.343 e. The van der Waals surface area contributed by atoms with E-state index in [1.807, 2.05) is 67.6 Å². The monoisotopic (exact) mass is 442 g/mol. The Bertz CT molecular complexity index is 1060. The lowest BCUT2D eigenvalue weighted by Gasteiger charge is -2.32. The van der Waals surface area contributed by atoms with Crippen molar-refractivity contribution in [1.82, 2.24) is 10.0 Å². The Balaban J connectivity index is 1.70. The van der Waals surface area contributed by atoms with Crippen LogP contribution in [-0.2, 0) is 20.4 Å². The standard InChI is InChI=1S/C23H23ClN2O3S/c1-23(18-9-4-2-5-10-18,19-11-6-3-7-12-19)26-22(27)15-16-25-30(28,29)21-14-8-13-20(24)17-21/h2-14,17,25H,15-16H2,1H3,(H,26,27). The van der Waals surface area contributed by atoms with Gasteiger partial charge in [0.05, 0.1) is 10.4 Å². The fourth-order valence-electron chi connectivity index (χ4n) is 3.21. The van der Waals surface area contributed by atoms with E-state index in [0.717, 1.165) is 11.1 Å². The average Bonchev–Trinajstić information content (AvgIpc) is 2.75. The van der Waals surface area contributed by atoms with Crippen molar-refractivity contribution in [2.75, 3.05) is 6.54 Å². The van der Waals surface area contributed by atoms with E-state index in [0.29, 0.717) is 5.02 Å². The molecule has 1 amide bonds. The minimum atomic E-state index is -3.74. The molecule has 0 bridgehead atoms. The van der Waals surface area contributed by atoms with Crippen LogP contribution in [0.1, 0.15) is 24.5 Å². The molecule has 0 aliphatic rings. The van der Waals surface area contributed by atoms with Crippen molar-refractivity contribution >= 4 is 27.5 Å². The van der Waals surface area contributed by atoms with Gasteiger partial charge in [-0.2, -0.15) is 0 Å². The number of rotatable bonds is 8. The van der Waals surface area contributed by atoms with Gasteiger partial charge in [0.25, 0.3) is 0 Å². The van der Waals surface area contributed by atoms with Crippen LogP contribution in [0, 0.1) is 0 Å². The summed E-state index contributed by atoms with van der Waals surface area (Å²) in [4.78, 5) is 12.8. The Morgan fingerprint density at radius 1 is 0.900 bits per heavy atom. The van der Waals surface area contributed by atoms with E-state index in [1.165, 1.54) is 12.1 Å². The summed E-state index contributed by atoms with van der Waals surface area (Å²) in [7, 11) is -3.74. The highest BCUT2D eigenvalue weighted by Crippen LogP contribution is 2.29. The third-order valence-electron chi connectivity index (χ3n) is 4.84. The summed E-state index contributed by atoms with van der Waals surface area (Å²) >= 11 is 5.87. The molecule has 156 valence electrons. The molecule has 0 atom stereocenters. The number of halogens is 1. The van der Waals surface area contributed by atoms with Gasteiger partial charge in [-0.3, -0.25) is 4.79 Å². The Kier molecular flexibility index (Phi) is 6.92. The highest BCUT2D eigenvalue weighted by molar-refractivity contribution is 7.89. The zero-order valence-corrected chi connectivity index (χ0v) is 18.1.